The van der Waals surface area contributed by atoms with E-state index in [1.165, 1.54) is 18.4 Å². The van der Waals surface area contributed by atoms with Gasteiger partial charge in [0.05, 0.1) is 0 Å². The average molecular weight is 143 g/mol. The lowest BCUT2D eigenvalue weighted by molar-refractivity contribution is 0.828. The summed E-state index contributed by atoms with van der Waals surface area (Å²) in [4.78, 5) is 0. The van der Waals surface area contributed by atoms with Crippen LogP contribution >= 0.6 is 11.6 Å². The van der Waals surface area contributed by atoms with Crippen LogP contribution in [-0.4, -0.2) is 0 Å². The Kier molecular flexibility index (Phi) is 7.24. The van der Waals surface area contributed by atoms with E-state index in [9.17, 15) is 0 Å². The number of hydrogen-bond donors (Lipinski definition) is 0. The molecule has 0 aliphatic rings. The Morgan fingerprint density at radius 3 is 2.89 bits per heavy atom. The van der Waals surface area contributed by atoms with Gasteiger partial charge in [-0.3, -0.25) is 0 Å². The molecule has 0 heterocycles. The molecule has 0 bridgehead atoms. The predicted molar refractivity (Wildman–Crippen MR) is 42.3 cm³/mol. The highest BCUT2D eigenvalue weighted by molar-refractivity contribution is 6.25. The third-order valence-electron chi connectivity index (χ3n) is 0.904. The fraction of sp³-hybridized carbons (Fsp3) is 0.500. The second kappa shape index (κ2) is 7.59. The predicted octanol–water partition coefficient (Wildman–Crippen LogP) is 2.93. The Balaban J connectivity index is 3.16. The minimum absolute atomic E-state index is 0.984. The number of rotatable bonds is 2. The highest BCUT2D eigenvalue weighted by Gasteiger charge is 1.73. The van der Waals surface area contributed by atoms with Crippen LogP contribution in [-0.2, 0) is 0 Å². The van der Waals surface area contributed by atoms with Gasteiger partial charge in [0.2, 0.25) is 0 Å². The maximum atomic E-state index is 5.23. The maximum absolute atomic E-state index is 5.23. The SMILES string of the molecule is CCCCC#C/C=C\Cl. The second-order valence-electron chi connectivity index (χ2n) is 1.72. The van der Waals surface area contributed by atoms with Gasteiger partial charge in [-0.15, -0.1) is 0 Å². The van der Waals surface area contributed by atoms with Crippen molar-refractivity contribution in [3.8, 4) is 11.8 Å². The third-order valence-corrected chi connectivity index (χ3v) is 1.03. The molecule has 0 aromatic heterocycles. The molecular weight excluding hydrogens is 132 g/mol. The summed E-state index contributed by atoms with van der Waals surface area (Å²) in [5.41, 5.74) is 1.43. The molecule has 0 atom stereocenters. The van der Waals surface area contributed by atoms with Gasteiger partial charge in [-0.2, -0.15) is 0 Å². The van der Waals surface area contributed by atoms with E-state index in [1.807, 2.05) is 0 Å². The first kappa shape index (κ1) is 8.59. The van der Waals surface area contributed by atoms with Crippen LogP contribution in [0, 0.1) is 11.8 Å². The molecule has 9 heavy (non-hydrogen) atoms. The molecule has 50 valence electrons. The lowest BCUT2D eigenvalue weighted by atomic mass is 10.2. The quantitative estimate of drug-likeness (QED) is 0.411. The highest BCUT2D eigenvalue weighted by atomic mass is 35.5. The minimum atomic E-state index is 0.984. The van der Waals surface area contributed by atoms with E-state index >= 15 is 0 Å². The van der Waals surface area contributed by atoms with Gasteiger partial charge in [-0.1, -0.05) is 36.8 Å². The zero-order valence-corrected chi connectivity index (χ0v) is 6.41. The average Bonchev–Trinajstić information content (AvgIpc) is 1.89. The lowest BCUT2D eigenvalue weighted by Crippen LogP contribution is -1.65. The smallest absolute Gasteiger partial charge is 0.0126 e. The Morgan fingerprint density at radius 2 is 2.33 bits per heavy atom. The Hall–Kier alpha value is -0.410. The molecular formula is C8H11Cl. The van der Waals surface area contributed by atoms with Crippen LogP contribution in [0.5, 0.6) is 0 Å². The molecule has 0 aliphatic carbocycles. The topological polar surface area (TPSA) is 0 Å². The van der Waals surface area contributed by atoms with Gasteiger partial charge in [-0.05, 0) is 12.5 Å². The standard InChI is InChI=1S/C8H11Cl/c1-2-3-4-5-6-7-8-9/h7-8H,2-4H2,1H3/b8-7-. The third kappa shape index (κ3) is 7.59. The van der Waals surface area contributed by atoms with Crippen LogP contribution < -0.4 is 0 Å². The molecule has 0 saturated carbocycles. The molecule has 0 rings (SSSR count). The van der Waals surface area contributed by atoms with E-state index < -0.39 is 0 Å². The first-order valence-corrected chi connectivity index (χ1v) is 3.59. The second-order valence-corrected chi connectivity index (χ2v) is 1.97. The summed E-state index contributed by atoms with van der Waals surface area (Å²) in [6, 6.07) is 0. The first-order chi connectivity index (χ1) is 4.41. The summed E-state index contributed by atoms with van der Waals surface area (Å²) in [5.74, 6) is 5.77. The summed E-state index contributed by atoms with van der Waals surface area (Å²) < 4.78 is 0. The number of unbranched alkanes of at least 4 members (excludes halogenated alkanes) is 2. The summed E-state index contributed by atoms with van der Waals surface area (Å²) in [7, 11) is 0. The summed E-state index contributed by atoms with van der Waals surface area (Å²) >= 11 is 5.23. The van der Waals surface area contributed by atoms with Gasteiger partial charge in [0.15, 0.2) is 0 Å². The summed E-state index contributed by atoms with van der Waals surface area (Å²) in [5, 5.41) is 0. The highest BCUT2D eigenvalue weighted by Crippen LogP contribution is 1.90. The van der Waals surface area contributed by atoms with E-state index in [2.05, 4.69) is 18.8 Å². The monoisotopic (exact) mass is 142 g/mol. The first-order valence-electron chi connectivity index (χ1n) is 3.15. The minimum Gasteiger partial charge on any atom is -0.0985 e. The molecule has 0 radical (unpaired) electrons. The van der Waals surface area contributed by atoms with Crippen LogP contribution in [0.15, 0.2) is 11.6 Å². The lowest BCUT2D eigenvalue weighted by Gasteiger charge is -1.81. The van der Waals surface area contributed by atoms with Crippen molar-refractivity contribution in [2.75, 3.05) is 0 Å². The van der Waals surface area contributed by atoms with Crippen molar-refractivity contribution in [3.05, 3.63) is 11.6 Å². The van der Waals surface area contributed by atoms with Crippen LogP contribution in [0.2, 0.25) is 0 Å². The van der Waals surface area contributed by atoms with E-state index in [1.54, 1.807) is 6.08 Å². The molecule has 0 N–H and O–H groups in total. The number of halogens is 1. The molecule has 0 spiro atoms. The van der Waals surface area contributed by atoms with Gasteiger partial charge in [0.1, 0.15) is 0 Å². The van der Waals surface area contributed by atoms with Crippen molar-refractivity contribution in [1.29, 1.82) is 0 Å². The van der Waals surface area contributed by atoms with Crippen molar-refractivity contribution >= 4 is 11.6 Å². The van der Waals surface area contributed by atoms with E-state index in [0.29, 0.717) is 0 Å². The van der Waals surface area contributed by atoms with Crippen molar-refractivity contribution in [3.63, 3.8) is 0 Å². The van der Waals surface area contributed by atoms with Crippen molar-refractivity contribution in [2.45, 2.75) is 26.2 Å². The van der Waals surface area contributed by atoms with Crippen molar-refractivity contribution in [1.82, 2.24) is 0 Å². The van der Waals surface area contributed by atoms with Crippen LogP contribution in [0.1, 0.15) is 26.2 Å². The van der Waals surface area contributed by atoms with Crippen LogP contribution in [0.3, 0.4) is 0 Å². The summed E-state index contributed by atoms with van der Waals surface area (Å²) in [6.45, 7) is 2.15. The van der Waals surface area contributed by atoms with Gasteiger partial charge >= 0.3 is 0 Å². The fourth-order valence-electron chi connectivity index (χ4n) is 0.428. The number of hydrogen-bond acceptors (Lipinski definition) is 0. The molecule has 0 unspecified atom stereocenters. The van der Waals surface area contributed by atoms with Gasteiger partial charge in [0, 0.05) is 12.0 Å². The number of allylic oxidation sites excluding steroid dienone is 1. The van der Waals surface area contributed by atoms with Crippen molar-refractivity contribution in [2.24, 2.45) is 0 Å². The normalized spacial score (nSPS) is 9.11. The molecule has 1 heteroatoms. The molecule has 0 nitrogen and oxygen atoms in total. The van der Waals surface area contributed by atoms with Gasteiger partial charge < -0.3 is 0 Å². The van der Waals surface area contributed by atoms with Crippen molar-refractivity contribution < 1.29 is 0 Å². The van der Waals surface area contributed by atoms with Crippen LogP contribution in [0.25, 0.3) is 0 Å². The van der Waals surface area contributed by atoms with E-state index in [0.717, 1.165) is 6.42 Å². The summed E-state index contributed by atoms with van der Waals surface area (Å²) in [6.07, 6.45) is 5.03. The molecule has 0 amide bonds. The Morgan fingerprint density at radius 1 is 1.56 bits per heavy atom. The maximum Gasteiger partial charge on any atom is 0.0126 e. The fourth-order valence-corrected chi connectivity index (χ4v) is 0.491. The zero-order valence-electron chi connectivity index (χ0n) is 5.65. The van der Waals surface area contributed by atoms with Gasteiger partial charge in [0.25, 0.3) is 0 Å². The molecule has 0 fully saturated rings. The Labute approximate surface area is 61.9 Å². The van der Waals surface area contributed by atoms with Gasteiger partial charge in [-0.25, -0.2) is 0 Å². The molecule has 0 aromatic rings. The molecule has 0 aromatic carbocycles. The molecule has 0 aliphatic heterocycles. The van der Waals surface area contributed by atoms with Crippen LogP contribution in [0.4, 0.5) is 0 Å². The van der Waals surface area contributed by atoms with E-state index in [-0.39, 0.29) is 0 Å². The zero-order chi connectivity index (χ0) is 6.95. The van der Waals surface area contributed by atoms with E-state index in [4.69, 9.17) is 11.6 Å². The largest absolute Gasteiger partial charge is 0.0985 e. The Bertz CT molecular complexity index is 125. The molecule has 0 saturated heterocycles.